The number of halogens is 4. The zero-order chi connectivity index (χ0) is 20.8. The van der Waals surface area contributed by atoms with E-state index in [2.05, 4.69) is 4.98 Å². The highest BCUT2D eigenvalue weighted by molar-refractivity contribution is 6.12. The second kappa shape index (κ2) is 6.88. The van der Waals surface area contributed by atoms with Gasteiger partial charge in [-0.2, -0.15) is 13.2 Å². The number of benzene rings is 2. The monoisotopic (exact) mass is 401 g/mol. The summed E-state index contributed by atoms with van der Waals surface area (Å²) in [5, 5.41) is 0. The number of carbonyl (C=O) groups excluding carboxylic acids is 1. The molecule has 0 bridgehead atoms. The topological polar surface area (TPSA) is 36.4 Å². The van der Waals surface area contributed by atoms with Gasteiger partial charge >= 0.3 is 6.18 Å². The Kier molecular flexibility index (Phi) is 4.49. The van der Waals surface area contributed by atoms with Gasteiger partial charge < -0.3 is 4.90 Å². The van der Waals surface area contributed by atoms with Gasteiger partial charge in [-0.05, 0) is 61.0 Å². The first kappa shape index (κ1) is 18.9. The van der Waals surface area contributed by atoms with E-state index in [0.29, 0.717) is 22.6 Å². The molecule has 1 amide bonds. The molecule has 29 heavy (non-hydrogen) atoms. The Hall–Kier alpha value is -3.42. The number of hydrogen-bond acceptors (Lipinski definition) is 3. The average Bonchev–Trinajstić information content (AvgIpc) is 2.69. The molecule has 0 N–H and O–H groups in total. The second-order valence-electron chi connectivity index (χ2n) is 6.67. The van der Waals surface area contributed by atoms with Gasteiger partial charge in [-0.15, -0.1) is 0 Å². The van der Waals surface area contributed by atoms with Crippen LogP contribution in [-0.2, 0) is 6.18 Å². The zero-order valence-corrected chi connectivity index (χ0v) is 15.2. The van der Waals surface area contributed by atoms with Crippen molar-refractivity contribution in [1.29, 1.82) is 0 Å². The van der Waals surface area contributed by atoms with Crippen LogP contribution in [0.3, 0.4) is 0 Å². The van der Waals surface area contributed by atoms with Crippen molar-refractivity contribution >= 4 is 23.0 Å². The molecule has 1 aliphatic heterocycles. The van der Waals surface area contributed by atoms with Crippen molar-refractivity contribution in [1.82, 2.24) is 4.98 Å². The van der Waals surface area contributed by atoms with E-state index in [9.17, 15) is 22.4 Å². The van der Waals surface area contributed by atoms with Gasteiger partial charge in [0.05, 0.1) is 28.7 Å². The number of aryl methyl sites for hydroxylation is 1. The Morgan fingerprint density at radius 2 is 1.76 bits per heavy atom. The quantitative estimate of drug-likeness (QED) is 0.547. The molecule has 0 saturated heterocycles. The number of hydrogen-bond donors (Lipinski definition) is 0. The highest BCUT2D eigenvalue weighted by Gasteiger charge is 2.36. The van der Waals surface area contributed by atoms with Gasteiger partial charge in [0, 0.05) is 11.9 Å². The molecule has 8 heteroatoms. The lowest BCUT2D eigenvalue weighted by atomic mass is 10.0. The molecule has 3 aromatic rings. The molecule has 1 aromatic heterocycles. The van der Waals surface area contributed by atoms with Crippen molar-refractivity contribution in [3.63, 3.8) is 0 Å². The van der Waals surface area contributed by atoms with Gasteiger partial charge in [-0.25, -0.2) is 4.39 Å². The average molecular weight is 401 g/mol. The number of fused-ring (bicyclic) bond motifs is 1. The summed E-state index contributed by atoms with van der Waals surface area (Å²) in [4.78, 5) is 20.1. The first-order valence-corrected chi connectivity index (χ1v) is 8.72. The molecule has 1 aliphatic rings. The molecular formula is C21H15F4N3O. The molecule has 2 heterocycles. The van der Waals surface area contributed by atoms with Crippen molar-refractivity contribution in [2.45, 2.75) is 13.1 Å². The van der Waals surface area contributed by atoms with E-state index in [1.807, 2.05) is 0 Å². The maximum Gasteiger partial charge on any atom is 0.416 e. The van der Waals surface area contributed by atoms with E-state index in [4.69, 9.17) is 0 Å². The van der Waals surface area contributed by atoms with Crippen LogP contribution in [0.15, 0.2) is 60.9 Å². The lowest BCUT2D eigenvalue weighted by molar-refractivity contribution is -0.137. The third-order valence-corrected chi connectivity index (χ3v) is 4.78. The number of aromatic nitrogens is 1. The Bertz CT molecular complexity index is 1080. The number of amides is 1. The molecule has 2 aromatic carbocycles. The minimum atomic E-state index is -4.58. The van der Waals surface area contributed by atoms with E-state index in [-0.39, 0.29) is 12.2 Å². The summed E-state index contributed by atoms with van der Waals surface area (Å²) in [6, 6.07) is 10.5. The number of alkyl halides is 3. The number of pyridine rings is 1. The van der Waals surface area contributed by atoms with Crippen LogP contribution in [0, 0.1) is 12.7 Å². The van der Waals surface area contributed by atoms with Crippen molar-refractivity contribution in [2.24, 2.45) is 0 Å². The Labute approximate surface area is 164 Å². The molecule has 0 radical (unpaired) electrons. The molecule has 4 rings (SSSR count). The lowest BCUT2D eigenvalue weighted by Gasteiger charge is -2.38. The smallest absolute Gasteiger partial charge is 0.322 e. The van der Waals surface area contributed by atoms with Gasteiger partial charge in [-0.1, -0.05) is 0 Å². The van der Waals surface area contributed by atoms with Crippen molar-refractivity contribution in [3.8, 4) is 0 Å². The number of rotatable bonds is 2. The Balaban J connectivity index is 1.90. The van der Waals surface area contributed by atoms with Crippen molar-refractivity contribution < 1.29 is 22.4 Å². The van der Waals surface area contributed by atoms with E-state index in [1.165, 1.54) is 35.5 Å². The molecule has 0 unspecified atom stereocenters. The molecule has 0 fully saturated rings. The summed E-state index contributed by atoms with van der Waals surface area (Å²) in [6.45, 7) is 1.75. The van der Waals surface area contributed by atoms with Gasteiger partial charge in [0.25, 0.3) is 5.91 Å². The van der Waals surface area contributed by atoms with Gasteiger partial charge in [0.2, 0.25) is 0 Å². The fraction of sp³-hybridized carbons (Fsp3) is 0.143. The van der Waals surface area contributed by atoms with Gasteiger partial charge in [0.15, 0.2) is 0 Å². The molecule has 4 nitrogen and oxygen atoms in total. The van der Waals surface area contributed by atoms with Crippen LogP contribution in [0.4, 0.5) is 34.6 Å². The van der Waals surface area contributed by atoms with Crippen LogP contribution >= 0.6 is 0 Å². The molecule has 0 aliphatic carbocycles. The minimum absolute atomic E-state index is 0.0510. The standard InChI is InChI=1S/C21H15F4N3O/c1-13-9-15(22)5-7-18(13)28-12-27(16-3-2-8-26-11-16)20(29)17-10-14(21(23,24)25)4-6-19(17)28/h2-11H,12H2,1H3. The molecule has 0 atom stereocenters. The largest absolute Gasteiger partial charge is 0.416 e. The zero-order valence-electron chi connectivity index (χ0n) is 15.2. The second-order valence-corrected chi connectivity index (χ2v) is 6.67. The number of nitrogens with zero attached hydrogens (tertiary/aromatic N) is 3. The predicted molar refractivity (Wildman–Crippen MR) is 101 cm³/mol. The molecule has 148 valence electrons. The minimum Gasteiger partial charge on any atom is -0.322 e. The lowest BCUT2D eigenvalue weighted by Crippen LogP contribution is -2.45. The summed E-state index contributed by atoms with van der Waals surface area (Å²) in [5.41, 5.74) is 0.973. The van der Waals surface area contributed by atoms with Crippen molar-refractivity contribution in [2.75, 3.05) is 16.5 Å². The summed E-state index contributed by atoms with van der Waals surface area (Å²) in [7, 11) is 0. The fourth-order valence-electron chi connectivity index (χ4n) is 3.39. The normalized spacial score (nSPS) is 14.2. The van der Waals surface area contributed by atoms with Crippen LogP contribution in [0.25, 0.3) is 0 Å². The molecule has 0 spiro atoms. The SMILES string of the molecule is Cc1cc(F)ccc1N1CN(c2cccnc2)C(=O)c2cc(C(F)(F)F)ccc21. The highest BCUT2D eigenvalue weighted by atomic mass is 19.4. The van der Waals surface area contributed by atoms with Crippen molar-refractivity contribution in [3.05, 3.63) is 83.4 Å². The summed E-state index contributed by atoms with van der Waals surface area (Å²) >= 11 is 0. The van der Waals surface area contributed by atoms with Gasteiger partial charge in [-0.3, -0.25) is 14.7 Å². The first-order valence-electron chi connectivity index (χ1n) is 8.72. The van der Waals surface area contributed by atoms with Crippen LogP contribution < -0.4 is 9.80 Å². The van der Waals surface area contributed by atoms with E-state index >= 15 is 0 Å². The first-order chi connectivity index (χ1) is 13.8. The predicted octanol–water partition coefficient (Wildman–Crippen LogP) is 5.30. The highest BCUT2D eigenvalue weighted by Crippen LogP contribution is 2.40. The van der Waals surface area contributed by atoms with Crippen LogP contribution in [0.2, 0.25) is 0 Å². The summed E-state index contributed by atoms with van der Waals surface area (Å²) in [6.07, 6.45) is -1.58. The van der Waals surface area contributed by atoms with E-state index in [0.717, 1.165) is 12.1 Å². The molecular weight excluding hydrogens is 386 g/mol. The Morgan fingerprint density at radius 1 is 1.00 bits per heavy atom. The number of anilines is 3. The van der Waals surface area contributed by atoms with Crippen LogP contribution in [0.1, 0.15) is 21.5 Å². The fourth-order valence-corrected chi connectivity index (χ4v) is 3.39. The van der Waals surface area contributed by atoms with Crippen LogP contribution in [-0.4, -0.2) is 17.6 Å². The molecule has 0 saturated carbocycles. The summed E-state index contributed by atoms with van der Waals surface area (Å²) < 4.78 is 53.3. The maximum atomic E-state index is 13.6. The Morgan fingerprint density at radius 3 is 2.41 bits per heavy atom. The van der Waals surface area contributed by atoms with Gasteiger partial charge in [0.1, 0.15) is 12.5 Å². The van der Waals surface area contributed by atoms with E-state index < -0.39 is 23.5 Å². The maximum absolute atomic E-state index is 13.6. The third-order valence-electron chi connectivity index (χ3n) is 4.78. The van der Waals surface area contributed by atoms with E-state index in [1.54, 1.807) is 30.0 Å². The number of carbonyl (C=O) groups is 1. The van der Waals surface area contributed by atoms with Crippen LogP contribution in [0.5, 0.6) is 0 Å². The third kappa shape index (κ3) is 3.41. The summed E-state index contributed by atoms with van der Waals surface area (Å²) in [5.74, 6) is -0.980.